The van der Waals surface area contributed by atoms with Crippen molar-refractivity contribution >= 4 is 31.9 Å². The van der Waals surface area contributed by atoms with Crippen LogP contribution in [0.3, 0.4) is 0 Å². The summed E-state index contributed by atoms with van der Waals surface area (Å²) in [5.74, 6) is -0.307. The fourth-order valence-electron chi connectivity index (χ4n) is 2.77. The lowest BCUT2D eigenvalue weighted by Crippen LogP contribution is -2.49. The highest BCUT2D eigenvalue weighted by atomic mass is 79.9. The van der Waals surface area contributed by atoms with E-state index in [1.54, 1.807) is 0 Å². The first-order valence-electron chi connectivity index (χ1n) is 6.59. The van der Waals surface area contributed by atoms with Gasteiger partial charge in [0.15, 0.2) is 0 Å². The Morgan fingerprint density at radius 3 is 2.19 bits per heavy atom. The third-order valence-corrected chi connectivity index (χ3v) is 5.85. The molecule has 1 aliphatic heterocycles. The van der Waals surface area contributed by atoms with Gasteiger partial charge >= 0.3 is 5.97 Å². The minimum atomic E-state index is -3.22. The number of sulfonamides is 1. The topological polar surface area (TPSA) is 63.7 Å². The van der Waals surface area contributed by atoms with Crippen LogP contribution < -0.4 is 0 Å². The first-order valence-corrected chi connectivity index (χ1v) is 9.23. The third kappa shape index (κ3) is 3.30. The van der Waals surface area contributed by atoms with Crippen molar-refractivity contribution in [2.24, 2.45) is 0 Å². The Morgan fingerprint density at radius 2 is 1.76 bits per heavy atom. The van der Waals surface area contributed by atoms with Crippen LogP contribution in [0.4, 0.5) is 0 Å². The minimum Gasteiger partial charge on any atom is -0.468 e. The monoisotopic (exact) mass is 375 g/mol. The second-order valence-corrected chi connectivity index (χ2v) is 8.14. The molecule has 21 heavy (non-hydrogen) atoms. The Labute approximate surface area is 133 Å². The average molecular weight is 376 g/mol. The lowest BCUT2D eigenvalue weighted by atomic mass is 9.73. The summed E-state index contributed by atoms with van der Waals surface area (Å²) in [6.45, 7) is 0.647. The summed E-state index contributed by atoms with van der Waals surface area (Å²) in [7, 11) is -1.86. The van der Waals surface area contributed by atoms with Crippen LogP contribution in [-0.2, 0) is 25.0 Å². The summed E-state index contributed by atoms with van der Waals surface area (Å²) >= 11 is 3.37. The van der Waals surface area contributed by atoms with Gasteiger partial charge in [-0.1, -0.05) is 28.1 Å². The third-order valence-electron chi connectivity index (χ3n) is 4.02. The van der Waals surface area contributed by atoms with Crippen molar-refractivity contribution in [1.82, 2.24) is 4.31 Å². The van der Waals surface area contributed by atoms with Crippen LogP contribution in [0.15, 0.2) is 28.7 Å². The summed E-state index contributed by atoms with van der Waals surface area (Å²) in [6, 6.07) is 7.53. The molecule has 1 heterocycles. The zero-order chi connectivity index (χ0) is 15.7. The molecule has 0 radical (unpaired) electrons. The van der Waals surface area contributed by atoms with E-state index in [1.807, 2.05) is 24.3 Å². The molecule has 7 heteroatoms. The molecule has 0 aliphatic carbocycles. The molecule has 2 rings (SSSR count). The van der Waals surface area contributed by atoms with Crippen molar-refractivity contribution in [1.29, 1.82) is 0 Å². The van der Waals surface area contributed by atoms with E-state index < -0.39 is 15.4 Å². The molecule has 1 aromatic rings. The van der Waals surface area contributed by atoms with E-state index in [4.69, 9.17) is 4.74 Å². The van der Waals surface area contributed by atoms with Crippen LogP contribution in [-0.4, -0.2) is 45.1 Å². The van der Waals surface area contributed by atoms with E-state index in [9.17, 15) is 13.2 Å². The number of benzene rings is 1. The average Bonchev–Trinajstić information content (AvgIpc) is 2.46. The zero-order valence-electron chi connectivity index (χ0n) is 12.0. The summed E-state index contributed by atoms with van der Waals surface area (Å²) in [4.78, 5) is 12.3. The molecule has 0 amide bonds. The lowest BCUT2D eigenvalue weighted by molar-refractivity contribution is -0.149. The Kier molecular flexibility index (Phi) is 4.75. The number of rotatable bonds is 3. The van der Waals surface area contributed by atoms with Crippen LogP contribution in [0.5, 0.6) is 0 Å². The van der Waals surface area contributed by atoms with E-state index in [0.29, 0.717) is 25.9 Å². The Morgan fingerprint density at radius 1 is 1.24 bits per heavy atom. The number of methoxy groups -OCH3 is 1. The van der Waals surface area contributed by atoms with E-state index >= 15 is 0 Å². The molecule has 1 aliphatic rings. The molecule has 1 fully saturated rings. The van der Waals surface area contributed by atoms with Gasteiger partial charge in [0.25, 0.3) is 0 Å². The van der Waals surface area contributed by atoms with Crippen molar-refractivity contribution in [3.05, 3.63) is 34.3 Å². The molecule has 0 unspecified atom stereocenters. The van der Waals surface area contributed by atoms with Gasteiger partial charge in [-0.25, -0.2) is 12.7 Å². The second kappa shape index (κ2) is 6.06. The normalized spacial score (nSPS) is 19.2. The molecular weight excluding hydrogens is 358 g/mol. The second-order valence-electron chi connectivity index (χ2n) is 5.24. The summed E-state index contributed by atoms with van der Waals surface area (Å²) in [5.41, 5.74) is 0.0992. The van der Waals surface area contributed by atoms with E-state index in [1.165, 1.54) is 17.7 Å². The predicted molar refractivity (Wildman–Crippen MR) is 83.5 cm³/mol. The highest BCUT2D eigenvalue weighted by Gasteiger charge is 2.45. The number of carbonyl (C=O) groups excluding carboxylic acids is 1. The summed E-state index contributed by atoms with van der Waals surface area (Å²) in [5, 5.41) is 0. The highest BCUT2D eigenvalue weighted by Crippen LogP contribution is 2.37. The van der Waals surface area contributed by atoms with Gasteiger partial charge in [-0.2, -0.15) is 0 Å². The first kappa shape index (κ1) is 16.5. The maximum Gasteiger partial charge on any atom is 0.316 e. The number of esters is 1. The van der Waals surface area contributed by atoms with Crippen molar-refractivity contribution in [3.63, 3.8) is 0 Å². The fourth-order valence-corrected chi connectivity index (χ4v) is 3.88. The van der Waals surface area contributed by atoms with Crippen LogP contribution in [0.25, 0.3) is 0 Å². The SMILES string of the molecule is COC(=O)C1(c2ccc(Br)cc2)CCN(S(C)(=O)=O)CC1. The molecule has 1 saturated heterocycles. The van der Waals surface area contributed by atoms with Gasteiger partial charge in [-0.3, -0.25) is 4.79 Å². The first-order chi connectivity index (χ1) is 9.79. The van der Waals surface area contributed by atoms with Crippen LogP contribution >= 0.6 is 15.9 Å². The van der Waals surface area contributed by atoms with Crippen molar-refractivity contribution in [3.8, 4) is 0 Å². The Bertz CT molecular complexity index is 619. The van der Waals surface area contributed by atoms with Crippen LogP contribution in [0, 0.1) is 0 Å². The number of nitrogens with zero attached hydrogens (tertiary/aromatic N) is 1. The number of halogens is 1. The van der Waals surface area contributed by atoms with Crippen LogP contribution in [0.2, 0.25) is 0 Å². The van der Waals surface area contributed by atoms with Crippen LogP contribution in [0.1, 0.15) is 18.4 Å². The summed E-state index contributed by atoms with van der Waals surface area (Å²) < 4.78 is 30.6. The largest absolute Gasteiger partial charge is 0.468 e. The van der Waals surface area contributed by atoms with Crippen molar-refractivity contribution in [2.75, 3.05) is 26.5 Å². The molecule has 116 valence electrons. The Balaban J connectivity index is 2.34. The molecular formula is C14H18BrNO4S. The summed E-state index contributed by atoms with van der Waals surface area (Å²) in [6.07, 6.45) is 2.04. The van der Waals surface area contributed by atoms with E-state index in [-0.39, 0.29) is 5.97 Å². The number of hydrogen-bond donors (Lipinski definition) is 0. The van der Waals surface area contributed by atoms with Gasteiger partial charge in [0.1, 0.15) is 0 Å². The molecule has 0 spiro atoms. The maximum atomic E-state index is 12.3. The van der Waals surface area contributed by atoms with Gasteiger partial charge in [0.05, 0.1) is 18.8 Å². The highest BCUT2D eigenvalue weighted by molar-refractivity contribution is 9.10. The minimum absolute atomic E-state index is 0.307. The Hall–Kier alpha value is -0.920. The number of hydrogen-bond acceptors (Lipinski definition) is 4. The number of carbonyl (C=O) groups is 1. The fraction of sp³-hybridized carbons (Fsp3) is 0.500. The van der Waals surface area contributed by atoms with Crippen molar-refractivity contribution < 1.29 is 17.9 Å². The number of piperidine rings is 1. The molecule has 0 bridgehead atoms. The smallest absolute Gasteiger partial charge is 0.316 e. The van der Waals surface area contributed by atoms with Gasteiger partial charge < -0.3 is 4.74 Å². The van der Waals surface area contributed by atoms with Gasteiger partial charge in [-0.05, 0) is 30.5 Å². The maximum absolute atomic E-state index is 12.3. The molecule has 5 nitrogen and oxygen atoms in total. The predicted octanol–water partition coefficient (Wildman–Crippen LogP) is 1.92. The zero-order valence-corrected chi connectivity index (χ0v) is 14.4. The molecule has 0 atom stereocenters. The van der Waals surface area contributed by atoms with E-state index in [0.717, 1.165) is 10.0 Å². The van der Waals surface area contributed by atoms with Gasteiger partial charge in [0, 0.05) is 17.6 Å². The molecule has 0 N–H and O–H groups in total. The molecule has 0 saturated carbocycles. The lowest BCUT2D eigenvalue weighted by Gasteiger charge is -2.39. The molecule has 0 aromatic heterocycles. The number of ether oxygens (including phenoxy) is 1. The standard InChI is InChI=1S/C14H18BrNO4S/c1-20-13(17)14(11-3-5-12(15)6-4-11)7-9-16(10-8-14)21(2,18)19/h3-6H,7-10H2,1-2H3. The van der Waals surface area contributed by atoms with Crippen molar-refractivity contribution in [2.45, 2.75) is 18.3 Å². The van der Waals surface area contributed by atoms with Gasteiger partial charge in [0.2, 0.25) is 10.0 Å². The quantitative estimate of drug-likeness (QED) is 0.757. The van der Waals surface area contributed by atoms with Gasteiger partial charge in [-0.15, -0.1) is 0 Å². The van der Waals surface area contributed by atoms with E-state index in [2.05, 4.69) is 15.9 Å². The molecule has 1 aromatic carbocycles.